The molecule has 0 unspecified atom stereocenters. The topological polar surface area (TPSA) is 73.2 Å². The zero-order valence-corrected chi connectivity index (χ0v) is 15.8. The predicted molar refractivity (Wildman–Crippen MR) is 105 cm³/mol. The second-order valence-corrected chi connectivity index (χ2v) is 6.02. The minimum atomic E-state index is -0.259. The Kier molecular flexibility index (Phi) is 8.80. The highest BCUT2D eigenvalue weighted by Gasteiger charge is 2.16. The van der Waals surface area contributed by atoms with Gasteiger partial charge in [-0.25, -0.2) is 0 Å². The van der Waals surface area contributed by atoms with E-state index in [2.05, 4.69) is 5.32 Å². The average Bonchev–Trinajstić information content (AvgIpc) is 2.61. The summed E-state index contributed by atoms with van der Waals surface area (Å²) in [6.45, 7) is 0.629. The maximum Gasteiger partial charge on any atom is 0.238 e. The van der Waals surface area contributed by atoms with Gasteiger partial charge in [0.1, 0.15) is 0 Å². The molecule has 0 radical (unpaired) electrons. The molecule has 2 rings (SSSR count). The first-order chi connectivity index (χ1) is 12.0. The molecule has 0 fully saturated rings. The maximum atomic E-state index is 12.7. The number of halogens is 2. The first-order valence-corrected chi connectivity index (χ1v) is 8.13. The van der Waals surface area contributed by atoms with E-state index in [0.717, 1.165) is 0 Å². The first-order valence-electron chi connectivity index (χ1n) is 7.76. The molecule has 136 valence electrons. The summed E-state index contributed by atoms with van der Waals surface area (Å²) in [5.41, 5.74) is 1.27. The lowest BCUT2D eigenvalue weighted by Crippen LogP contribution is -2.31. The van der Waals surface area contributed by atoms with E-state index in [9.17, 15) is 9.59 Å². The molecule has 1 N–H and O–H groups in total. The number of rotatable bonds is 7. The molecule has 0 aliphatic carbocycles. The van der Waals surface area contributed by atoms with Crippen LogP contribution in [0, 0.1) is 11.3 Å². The van der Waals surface area contributed by atoms with Gasteiger partial charge in [-0.2, -0.15) is 5.26 Å². The van der Waals surface area contributed by atoms with Gasteiger partial charge >= 0.3 is 0 Å². The number of nitrogens with zero attached hydrogens (tertiary/aromatic N) is 2. The molecule has 0 aliphatic heterocycles. The van der Waals surface area contributed by atoms with Crippen LogP contribution in [-0.4, -0.2) is 36.7 Å². The Hall–Kier alpha value is -2.39. The number of nitriles is 1. The largest absolute Gasteiger partial charge is 0.324 e. The van der Waals surface area contributed by atoms with E-state index < -0.39 is 0 Å². The Morgan fingerprint density at radius 2 is 1.88 bits per heavy atom. The summed E-state index contributed by atoms with van der Waals surface area (Å²) in [6, 6.07) is 15.6. The quantitative estimate of drug-likeness (QED) is 0.728. The van der Waals surface area contributed by atoms with Gasteiger partial charge < -0.3 is 5.32 Å². The third-order valence-corrected chi connectivity index (χ3v) is 3.79. The summed E-state index contributed by atoms with van der Waals surface area (Å²) < 4.78 is 0. The van der Waals surface area contributed by atoms with E-state index in [1.165, 1.54) is 0 Å². The summed E-state index contributed by atoms with van der Waals surface area (Å²) in [5.74, 6) is -0.471. The molecular formula is C19H19Cl2N3O2. The normalized spacial score (nSPS) is 9.92. The van der Waals surface area contributed by atoms with Crippen LogP contribution < -0.4 is 5.32 Å². The van der Waals surface area contributed by atoms with Crippen molar-refractivity contribution in [3.63, 3.8) is 0 Å². The second-order valence-electron chi connectivity index (χ2n) is 5.58. The minimum absolute atomic E-state index is 0. The summed E-state index contributed by atoms with van der Waals surface area (Å²) in [5, 5.41) is 11.8. The van der Waals surface area contributed by atoms with E-state index in [-0.39, 0.29) is 30.6 Å². The predicted octanol–water partition coefficient (Wildman–Crippen LogP) is 3.78. The number of carbonyl (C=O) groups excluding carboxylic acids is 2. The number of ketones is 1. The number of anilines is 1. The SMILES string of the molecule is CN(CCC#N)CC(=O)Nc1ccc(Cl)cc1C(=O)c1ccccc1.Cl. The summed E-state index contributed by atoms with van der Waals surface area (Å²) >= 11 is 6.02. The summed E-state index contributed by atoms with van der Waals surface area (Å²) in [6.07, 6.45) is 0.350. The Morgan fingerprint density at radius 3 is 2.54 bits per heavy atom. The van der Waals surface area contributed by atoms with Crippen molar-refractivity contribution in [3.05, 3.63) is 64.7 Å². The van der Waals surface area contributed by atoms with E-state index in [4.69, 9.17) is 16.9 Å². The third-order valence-electron chi connectivity index (χ3n) is 3.56. The first kappa shape index (κ1) is 21.7. The van der Waals surface area contributed by atoms with E-state index in [1.54, 1.807) is 54.4 Å². The molecule has 0 saturated carbocycles. The molecule has 5 nitrogen and oxygen atoms in total. The van der Waals surface area contributed by atoms with E-state index in [1.807, 2.05) is 12.1 Å². The van der Waals surface area contributed by atoms with Gasteiger partial charge in [-0.1, -0.05) is 41.9 Å². The van der Waals surface area contributed by atoms with Crippen molar-refractivity contribution in [1.29, 1.82) is 5.26 Å². The Balaban J connectivity index is 0.00000338. The van der Waals surface area contributed by atoms with E-state index >= 15 is 0 Å². The summed E-state index contributed by atoms with van der Waals surface area (Å²) in [4.78, 5) is 26.7. The van der Waals surface area contributed by atoms with Gasteiger partial charge in [0, 0.05) is 29.1 Å². The fraction of sp³-hybridized carbons (Fsp3) is 0.211. The highest BCUT2D eigenvalue weighted by molar-refractivity contribution is 6.31. The van der Waals surface area contributed by atoms with Crippen LogP contribution in [0.3, 0.4) is 0 Å². The van der Waals surface area contributed by atoms with Crippen molar-refractivity contribution in [2.75, 3.05) is 25.5 Å². The Labute approximate surface area is 164 Å². The number of likely N-dealkylation sites (N-methyl/N-ethyl adjacent to an activating group) is 1. The molecule has 0 aromatic heterocycles. The summed E-state index contributed by atoms with van der Waals surface area (Å²) in [7, 11) is 1.76. The molecule has 2 aromatic carbocycles. The number of carbonyl (C=O) groups is 2. The number of hydrogen-bond donors (Lipinski definition) is 1. The van der Waals surface area contributed by atoms with Gasteiger partial charge in [-0.05, 0) is 25.2 Å². The number of amides is 1. The number of benzene rings is 2. The van der Waals surface area contributed by atoms with Crippen LogP contribution in [0.4, 0.5) is 5.69 Å². The van der Waals surface area contributed by atoms with Crippen molar-refractivity contribution in [2.45, 2.75) is 6.42 Å². The Bertz CT molecular complexity index is 804. The van der Waals surface area contributed by atoms with Crippen molar-refractivity contribution >= 4 is 41.4 Å². The molecule has 7 heteroatoms. The molecule has 0 saturated heterocycles. The Morgan fingerprint density at radius 1 is 1.19 bits per heavy atom. The fourth-order valence-corrected chi connectivity index (χ4v) is 2.49. The minimum Gasteiger partial charge on any atom is -0.324 e. The average molecular weight is 392 g/mol. The number of hydrogen-bond acceptors (Lipinski definition) is 4. The molecule has 0 bridgehead atoms. The molecule has 2 aromatic rings. The standard InChI is InChI=1S/C19H18ClN3O2.ClH/c1-23(11-5-10-21)13-18(24)22-17-9-8-15(20)12-16(17)19(25)14-6-3-2-4-7-14;/h2-4,6-9,12H,5,11,13H2,1H3,(H,22,24);1H. The van der Waals surface area contributed by atoms with Crippen LogP contribution in [0.1, 0.15) is 22.3 Å². The van der Waals surface area contributed by atoms with Crippen molar-refractivity contribution < 1.29 is 9.59 Å². The lowest BCUT2D eigenvalue weighted by molar-refractivity contribution is -0.117. The molecule has 0 atom stereocenters. The lowest BCUT2D eigenvalue weighted by Gasteiger charge is -2.16. The maximum absolute atomic E-state index is 12.7. The fourth-order valence-electron chi connectivity index (χ4n) is 2.31. The highest BCUT2D eigenvalue weighted by atomic mass is 35.5. The zero-order valence-electron chi connectivity index (χ0n) is 14.2. The van der Waals surface area contributed by atoms with Gasteiger partial charge in [0.2, 0.25) is 5.91 Å². The third kappa shape index (κ3) is 6.16. The van der Waals surface area contributed by atoms with E-state index in [0.29, 0.717) is 34.8 Å². The molecule has 1 amide bonds. The highest BCUT2D eigenvalue weighted by Crippen LogP contribution is 2.23. The second kappa shape index (κ2) is 10.6. The monoisotopic (exact) mass is 391 g/mol. The van der Waals surface area contributed by atoms with Gasteiger partial charge in [0.05, 0.1) is 18.3 Å². The van der Waals surface area contributed by atoms with Gasteiger partial charge in [-0.15, -0.1) is 12.4 Å². The molecule has 0 heterocycles. The van der Waals surface area contributed by atoms with Crippen LogP contribution in [0.5, 0.6) is 0 Å². The van der Waals surface area contributed by atoms with Gasteiger partial charge in [-0.3, -0.25) is 14.5 Å². The molecule has 0 spiro atoms. The van der Waals surface area contributed by atoms with Crippen LogP contribution >= 0.6 is 24.0 Å². The van der Waals surface area contributed by atoms with Gasteiger partial charge in [0.15, 0.2) is 5.78 Å². The van der Waals surface area contributed by atoms with Crippen LogP contribution in [0.15, 0.2) is 48.5 Å². The van der Waals surface area contributed by atoms with Crippen LogP contribution in [-0.2, 0) is 4.79 Å². The zero-order chi connectivity index (χ0) is 18.2. The number of nitrogens with one attached hydrogen (secondary N) is 1. The van der Waals surface area contributed by atoms with Crippen molar-refractivity contribution in [3.8, 4) is 6.07 Å². The van der Waals surface area contributed by atoms with Crippen molar-refractivity contribution in [2.24, 2.45) is 0 Å². The molecular weight excluding hydrogens is 373 g/mol. The lowest BCUT2D eigenvalue weighted by atomic mass is 10.0. The van der Waals surface area contributed by atoms with Gasteiger partial charge in [0.25, 0.3) is 0 Å². The van der Waals surface area contributed by atoms with Crippen molar-refractivity contribution in [1.82, 2.24) is 4.90 Å². The molecule has 0 aliphatic rings. The smallest absolute Gasteiger partial charge is 0.238 e. The van der Waals surface area contributed by atoms with Crippen LogP contribution in [0.25, 0.3) is 0 Å². The molecule has 26 heavy (non-hydrogen) atoms. The van der Waals surface area contributed by atoms with Crippen LogP contribution in [0.2, 0.25) is 5.02 Å².